The number of aryl methyl sites for hydroxylation is 1. The van der Waals surface area contributed by atoms with Crippen LogP contribution in [0.5, 0.6) is 0 Å². The Balaban J connectivity index is 1.52. The van der Waals surface area contributed by atoms with Crippen molar-refractivity contribution in [3.05, 3.63) is 50.7 Å². The molecule has 0 radical (unpaired) electrons. The van der Waals surface area contributed by atoms with Crippen molar-refractivity contribution in [3.8, 4) is 0 Å². The number of benzene rings is 1. The molecule has 0 spiro atoms. The van der Waals surface area contributed by atoms with Crippen LogP contribution in [0.4, 0.5) is 0 Å². The van der Waals surface area contributed by atoms with Crippen LogP contribution in [0, 0.1) is 0 Å². The van der Waals surface area contributed by atoms with Crippen molar-refractivity contribution in [1.82, 2.24) is 15.1 Å². The Hall–Kier alpha value is -2.32. The monoisotopic (exact) mass is 419 g/mol. The van der Waals surface area contributed by atoms with E-state index in [9.17, 15) is 9.59 Å². The molecule has 0 aliphatic carbocycles. The fourth-order valence-electron chi connectivity index (χ4n) is 3.21. The van der Waals surface area contributed by atoms with Crippen molar-refractivity contribution in [2.75, 3.05) is 6.54 Å². The van der Waals surface area contributed by atoms with Crippen molar-refractivity contribution < 1.29 is 13.6 Å². The average molecular weight is 420 g/mol. The van der Waals surface area contributed by atoms with E-state index in [1.807, 2.05) is 19.1 Å². The van der Waals surface area contributed by atoms with E-state index in [2.05, 4.69) is 10.2 Å². The third kappa shape index (κ3) is 3.93. The Morgan fingerprint density at radius 3 is 2.79 bits per heavy atom. The summed E-state index contributed by atoms with van der Waals surface area (Å²) in [6, 6.07) is 5.09. The third-order valence-electron chi connectivity index (χ3n) is 4.68. The Morgan fingerprint density at radius 2 is 2.04 bits per heavy atom. The molecule has 1 amide bonds. The Morgan fingerprint density at radius 1 is 1.18 bits per heavy atom. The SMILES string of the molecule is CCc1cc2oc(=O)cc(CSc3nnc(CN4CCCC4=O)o3)c2cc1Cl. The summed E-state index contributed by atoms with van der Waals surface area (Å²) >= 11 is 7.65. The first-order valence-corrected chi connectivity index (χ1v) is 10.4. The molecule has 1 aliphatic rings. The molecule has 0 bridgehead atoms. The number of carbonyl (C=O) groups is 1. The minimum atomic E-state index is -0.411. The molecule has 9 heteroatoms. The van der Waals surface area contributed by atoms with Gasteiger partial charge in [0.2, 0.25) is 11.8 Å². The quantitative estimate of drug-likeness (QED) is 0.443. The molecule has 3 heterocycles. The molecule has 3 aromatic rings. The molecule has 0 atom stereocenters. The topological polar surface area (TPSA) is 89.4 Å². The molecule has 1 aliphatic heterocycles. The number of likely N-dealkylation sites (tertiary alicyclic amines) is 1. The van der Waals surface area contributed by atoms with Gasteiger partial charge in [0.05, 0.1) is 6.54 Å². The van der Waals surface area contributed by atoms with E-state index in [0.29, 0.717) is 40.4 Å². The van der Waals surface area contributed by atoms with Crippen molar-refractivity contribution in [3.63, 3.8) is 0 Å². The first kappa shape index (κ1) is 19.0. The van der Waals surface area contributed by atoms with Crippen molar-refractivity contribution in [2.24, 2.45) is 0 Å². The van der Waals surface area contributed by atoms with Gasteiger partial charge in [0, 0.05) is 35.2 Å². The number of halogens is 1. The highest BCUT2D eigenvalue weighted by molar-refractivity contribution is 7.98. The van der Waals surface area contributed by atoms with Gasteiger partial charge in [-0.05, 0) is 36.1 Å². The second-order valence-corrected chi connectivity index (χ2v) is 7.89. The summed E-state index contributed by atoms with van der Waals surface area (Å²) in [6.07, 6.45) is 2.18. The van der Waals surface area contributed by atoms with Crippen molar-refractivity contribution in [2.45, 2.75) is 43.7 Å². The van der Waals surface area contributed by atoms with Crippen LogP contribution in [0.2, 0.25) is 5.02 Å². The summed E-state index contributed by atoms with van der Waals surface area (Å²) in [7, 11) is 0. The fraction of sp³-hybridized carbons (Fsp3) is 0.368. The summed E-state index contributed by atoms with van der Waals surface area (Å²) in [5.41, 5.74) is 1.82. The van der Waals surface area contributed by atoms with E-state index in [1.54, 1.807) is 4.90 Å². The minimum absolute atomic E-state index is 0.109. The second kappa shape index (κ2) is 7.97. The van der Waals surface area contributed by atoms with Crippen LogP contribution in [-0.4, -0.2) is 27.5 Å². The maximum atomic E-state index is 11.9. The van der Waals surface area contributed by atoms with Gasteiger partial charge in [0.1, 0.15) is 5.58 Å². The van der Waals surface area contributed by atoms with Crippen molar-refractivity contribution in [1.29, 1.82) is 0 Å². The molecular formula is C19H18ClN3O4S. The number of fused-ring (bicyclic) bond motifs is 1. The number of hydrogen-bond donors (Lipinski definition) is 0. The molecular weight excluding hydrogens is 402 g/mol. The molecule has 0 N–H and O–H groups in total. The molecule has 0 unspecified atom stereocenters. The molecule has 4 rings (SSSR count). The number of amides is 1. The molecule has 0 saturated carbocycles. The molecule has 1 saturated heterocycles. The lowest BCUT2D eigenvalue weighted by Crippen LogP contribution is -2.23. The maximum absolute atomic E-state index is 11.9. The van der Waals surface area contributed by atoms with Gasteiger partial charge < -0.3 is 13.7 Å². The Bertz CT molecular complexity index is 1090. The fourth-order valence-corrected chi connectivity index (χ4v) is 4.28. The highest BCUT2D eigenvalue weighted by Gasteiger charge is 2.22. The lowest BCUT2D eigenvalue weighted by atomic mass is 10.1. The molecule has 146 valence electrons. The molecule has 1 fully saturated rings. The van der Waals surface area contributed by atoms with Crippen LogP contribution in [0.25, 0.3) is 11.0 Å². The van der Waals surface area contributed by atoms with Gasteiger partial charge in [-0.1, -0.05) is 30.3 Å². The second-order valence-electron chi connectivity index (χ2n) is 6.55. The zero-order chi connectivity index (χ0) is 19.7. The Kier molecular flexibility index (Phi) is 5.41. The van der Waals surface area contributed by atoms with E-state index >= 15 is 0 Å². The molecule has 28 heavy (non-hydrogen) atoms. The number of thioether (sulfide) groups is 1. The van der Waals surface area contributed by atoms with Gasteiger partial charge in [0.15, 0.2) is 0 Å². The standard InChI is InChI=1S/C19H18ClN3O4S/c1-2-11-6-15-13(8-14(11)20)12(7-18(25)26-15)10-28-19-22-21-16(27-19)9-23-5-3-4-17(23)24/h6-8H,2-5,9-10H2,1H3. The van der Waals surface area contributed by atoms with E-state index in [-0.39, 0.29) is 5.91 Å². The number of hydrogen-bond acceptors (Lipinski definition) is 7. The lowest BCUT2D eigenvalue weighted by molar-refractivity contribution is -0.128. The summed E-state index contributed by atoms with van der Waals surface area (Å²) < 4.78 is 11.0. The van der Waals surface area contributed by atoms with E-state index in [1.165, 1.54) is 17.8 Å². The van der Waals surface area contributed by atoms with Gasteiger partial charge in [0.25, 0.3) is 5.22 Å². The van der Waals surface area contributed by atoms with Crippen LogP contribution >= 0.6 is 23.4 Å². The number of aromatic nitrogens is 2. The highest BCUT2D eigenvalue weighted by atomic mass is 35.5. The molecule has 7 nitrogen and oxygen atoms in total. The highest BCUT2D eigenvalue weighted by Crippen LogP contribution is 2.30. The van der Waals surface area contributed by atoms with Gasteiger partial charge in [-0.25, -0.2) is 4.79 Å². The Labute approximate surface area is 170 Å². The zero-order valence-electron chi connectivity index (χ0n) is 15.2. The van der Waals surface area contributed by atoms with Crippen molar-refractivity contribution >= 4 is 40.2 Å². The predicted octanol–water partition coefficient (Wildman–Crippen LogP) is 3.81. The lowest BCUT2D eigenvalue weighted by Gasteiger charge is -2.11. The third-order valence-corrected chi connectivity index (χ3v) is 5.89. The van der Waals surface area contributed by atoms with E-state index in [4.69, 9.17) is 20.4 Å². The van der Waals surface area contributed by atoms with Gasteiger partial charge in [-0.2, -0.15) is 0 Å². The largest absolute Gasteiger partial charge is 0.423 e. The van der Waals surface area contributed by atoms with Gasteiger partial charge in [-0.3, -0.25) is 4.79 Å². The zero-order valence-corrected chi connectivity index (χ0v) is 16.8. The smallest absolute Gasteiger partial charge is 0.336 e. The maximum Gasteiger partial charge on any atom is 0.336 e. The minimum Gasteiger partial charge on any atom is -0.423 e. The number of carbonyl (C=O) groups excluding carboxylic acids is 1. The molecule has 2 aromatic heterocycles. The predicted molar refractivity (Wildman–Crippen MR) is 105 cm³/mol. The first-order chi connectivity index (χ1) is 13.5. The number of nitrogens with zero attached hydrogens (tertiary/aromatic N) is 3. The number of rotatable bonds is 6. The van der Waals surface area contributed by atoms with Crippen LogP contribution in [-0.2, 0) is 23.5 Å². The van der Waals surface area contributed by atoms with Gasteiger partial charge >= 0.3 is 5.63 Å². The van der Waals surface area contributed by atoms with Crippen LogP contribution in [0.1, 0.15) is 36.8 Å². The van der Waals surface area contributed by atoms with Crippen LogP contribution in [0.15, 0.2) is 37.1 Å². The van der Waals surface area contributed by atoms with E-state index in [0.717, 1.165) is 35.9 Å². The van der Waals surface area contributed by atoms with Gasteiger partial charge in [-0.15, -0.1) is 10.2 Å². The van der Waals surface area contributed by atoms with Crippen LogP contribution < -0.4 is 5.63 Å². The summed E-state index contributed by atoms with van der Waals surface area (Å²) in [5, 5.41) is 9.86. The molecule has 1 aromatic carbocycles. The first-order valence-electron chi connectivity index (χ1n) is 9.01. The summed E-state index contributed by atoms with van der Waals surface area (Å²) in [6.45, 7) is 3.05. The summed E-state index contributed by atoms with van der Waals surface area (Å²) in [5.74, 6) is 0.970. The summed E-state index contributed by atoms with van der Waals surface area (Å²) in [4.78, 5) is 25.4. The average Bonchev–Trinajstić information content (AvgIpc) is 3.29. The van der Waals surface area contributed by atoms with Crippen LogP contribution in [0.3, 0.4) is 0 Å². The normalized spacial score (nSPS) is 14.4. The van der Waals surface area contributed by atoms with E-state index < -0.39 is 5.63 Å².